The van der Waals surface area contributed by atoms with Crippen LogP contribution in [0.4, 0.5) is 13.2 Å². The molecule has 2 rings (SSSR count). The summed E-state index contributed by atoms with van der Waals surface area (Å²) in [5, 5.41) is 0. The molecule has 150 valence electrons. The van der Waals surface area contributed by atoms with E-state index in [0.717, 1.165) is 45.3 Å². The van der Waals surface area contributed by atoms with Crippen molar-refractivity contribution in [3.05, 3.63) is 12.2 Å². The molecule has 1 aliphatic heterocycles. The summed E-state index contributed by atoms with van der Waals surface area (Å²) in [6, 6.07) is 0. The molecule has 0 amide bonds. The summed E-state index contributed by atoms with van der Waals surface area (Å²) in [5.74, 6) is -1.24. The highest BCUT2D eigenvalue weighted by molar-refractivity contribution is 5.75. The van der Waals surface area contributed by atoms with Crippen LogP contribution in [0.5, 0.6) is 0 Å². The van der Waals surface area contributed by atoms with Crippen LogP contribution < -0.4 is 0 Å². The molecule has 0 N–H and O–H groups in total. The van der Waals surface area contributed by atoms with Crippen molar-refractivity contribution in [1.29, 1.82) is 0 Å². The number of halogens is 3. The average molecular weight is 378 g/mol. The molecule has 2 fully saturated rings. The van der Waals surface area contributed by atoms with Crippen LogP contribution in [0.2, 0.25) is 0 Å². The molecular formula is C19H29F3O4. The van der Waals surface area contributed by atoms with Crippen LogP contribution in [0, 0.1) is 17.8 Å². The summed E-state index contributed by atoms with van der Waals surface area (Å²) in [7, 11) is 0. The van der Waals surface area contributed by atoms with Gasteiger partial charge in [-0.15, -0.1) is 0 Å². The molecule has 0 atom stereocenters. The number of alkyl halides is 3. The first-order chi connectivity index (χ1) is 12.4. The van der Waals surface area contributed by atoms with Crippen LogP contribution in [0.25, 0.3) is 0 Å². The van der Waals surface area contributed by atoms with Gasteiger partial charge in [0.2, 0.25) is 0 Å². The second-order valence-electron chi connectivity index (χ2n) is 7.31. The number of esters is 1. The molecule has 7 heteroatoms. The zero-order valence-corrected chi connectivity index (χ0v) is 15.3. The third-order valence-electron chi connectivity index (χ3n) is 5.07. The molecule has 0 bridgehead atoms. The van der Waals surface area contributed by atoms with Crippen molar-refractivity contribution in [1.82, 2.24) is 0 Å². The van der Waals surface area contributed by atoms with E-state index in [2.05, 4.69) is 17.7 Å². The van der Waals surface area contributed by atoms with Gasteiger partial charge in [0, 0.05) is 5.92 Å². The topological polar surface area (TPSA) is 44.8 Å². The highest BCUT2D eigenvalue weighted by Crippen LogP contribution is 2.31. The van der Waals surface area contributed by atoms with E-state index in [1.165, 1.54) is 12.8 Å². The van der Waals surface area contributed by atoms with Crippen LogP contribution in [0.15, 0.2) is 12.2 Å². The fraction of sp³-hybridized carbons (Fsp3) is 0.842. The zero-order valence-electron chi connectivity index (χ0n) is 15.3. The molecule has 0 spiro atoms. The van der Waals surface area contributed by atoms with Crippen molar-refractivity contribution in [2.75, 3.05) is 19.8 Å². The van der Waals surface area contributed by atoms with Gasteiger partial charge >= 0.3 is 12.1 Å². The van der Waals surface area contributed by atoms with Gasteiger partial charge < -0.3 is 14.2 Å². The molecule has 0 unspecified atom stereocenters. The molecule has 4 nitrogen and oxygen atoms in total. The Morgan fingerprint density at radius 1 is 1.08 bits per heavy atom. The first-order valence-electron chi connectivity index (χ1n) is 9.54. The average Bonchev–Trinajstić information content (AvgIpc) is 2.63. The van der Waals surface area contributed by atoms with Crippen LogP contribution in [0.3, 0.4) is 0 Å². The van der Waals surface area contributed by atoms with Gasteiger partial charge in [-0.1, -0.05) is 25.8 Å². The van der Waals surface area contributed by atoms with E-state index < -0.39 is 12.1 Å². The number of rotatable bonds is 7. The van der Waals surface area contributed by atoms with Gasteiger partial charge in [-0.3, -0.25) is 0 Å². The Labute approximate surface area is 153 Å². The number of carbonyl (C=O) groups is 1. The molecule has 0 radical (unpaired) electrons. The number of ether oxygens (including phenoxy) is 3. The first-order valence-corrected chi connectivity index (χ1v) is 9.54. The summed E-state index contributed by atoms with van der Waals surface area (Å²) in [6.45, 7) is 3.48. The van der Waals surface area contributed by atoms with Crippen molar-refractivity contribution >= 4 is 5.97 Å². The largest absolute Gasteiger partial charge is 0.490 e. The van der Waals surface area contributed by atoms with Gasteiger partial charge in [0.25, 0.3) is 0 Å². The van der Waals surface area contributed by atoms with Gasteiger partial charge in [-0.2, -0.15) is 13.2 Å². The standard InChI is InChI=1S/C19H29F3O4/c1-2-3-4-16-12-24-17(25-13-16)10-9-14-5-7-15(8-6-14)11-26-18(23)19(20,21)22/h9-10,14-17H,2-8,11-13H2,1H3. The Balaban J connectivity index is 1.61. The lowest BCUT2D eigenvalue weighted by atomic mass is 9.82. The number of allylic oxidation sites excluding steroid dienone is 1. The number of hydrogen-bond acceptors (Lipinski definition) is 4. The van der Waals surface area contributed by atoms with Gasteiger partial charge in [0.15, 0.2) is 6.29 Å². The van der Waals surface area contributed by atoms with E-state index in [4.69, 9.17) is 9.47 Å². The zero-order chi connectivity index (χ0) is 19.0. The molecule has 2 aliphatic rings. The van der Waals surface area contributed by atoms with Gasteiger partial charge in [-0.25, -0.2) is 4.79 Å². The summed E-state index contributed by atoms with van der Waals surface area (Å²) in [6.07, 6.45) is 5.60. The molecule has 1 aliphatic carbocycles. The Hall–Kier alpha value is -1.08. The molecule has 0 aromatic rings. The maximum absolute atomic E-state index is 12.1. The van der Waals surface area contributed by atoms with Gasteiger partial charge in [0.1, 0.15) is 0 Å². The Morgan fingerprint density at radius 3 is 2.31 bits per heavy atom. The SMILES string of the molecule is CCCCC1COC(C=CC2CCC(COC(=O)C(F)(F)F)CC2)OC1. The quantitative estimate of drug-likeness (QED) is 0.478. The van der Waals surface area contributed by atoms with E-state index in [1.54, 1.807) is 0 Å². The molecule has 0 aromatic carbocycles. The predicted octanol–water partition coefficient (Wildman–Crippen LogP) is 4.63. The normalized spacial score (nSPS) is 30.5. The number of carbonyl (C=O) groups excluding carboxylic acids is 1. The van der Waals surface area contributed by atoms with Crippen molar-refractivity contribution < 1.29 is 32.2 Å². The maximum Gasteiger partial charge on any atom is 0.490 e. The molecule has 1 saturated heterocycles. The highest BCUT2D eigenvalue weighted by Gasteiger charge is 2.41. The van der Waals surface area contributed by atoms with E-state index in [9.17, 15) is 18.0 Å². The molecule has 0 aromatic heterocycles. The predicted molar refractivity (Wildman–Crippen MR) is 90.3 cm³/mol. The molecular weight excluding hydrogens is 349 g/mol. The minimum atomic E-state index is -4.91. The van der Waals surface area contributed by atoms with Gasteiger partial charge in [-0.05, 0) is 50.0 Å². The smallest absolute Gasteiger partial charge is 0.459 e. The van der Waals surface area contributed by atoms with E-state index in [1.807, 2.05) is 6.08 Å². The van der Waals surface area contributed by atoms with E-state index >= 15 is 0 Å². The van der Waals surface area contributed by atoms with Crippen molar-refractivity contribution in [2.24, 2.45) is 17.8 Å². The minimum Gasteiger partial charge on any atom is -0.459 e. The molecule has 1 heterocycles. The lowest BCUT2D eigenvalue weighted by Gasteiger charge is -2.29. The lowest BCUT2D eigenvalue weighted by Crippen LogP contribution is -2.31. The van der Waals surface area contributed by atoms with E-state index in [-0.39, 0.29) is 18.8 Å². The first kappa shape index (κ1) is 21.2. The summed E-state index contributed by atoms with van der Waals surface area (Å²) < 4.78 is 52.2. The molecule has 26 heavy (non-hydrogen) atoms. The van der Waals surface area contributed by atoms with Crippen LogP contribution in [-0.2, 0) is 19.0 Å². The van der Waals surface area contributed by atoms with Crippen LogP contribution >= 0.6 is 0 Å². The Kier molecular flexibility index (Phi) is 8.41. The summed E-state index contributed by atoms with van der Waals surface area (Å²) >= 11 is 0. The van der Waals surface area contributed by atoms with Crippen molar-refractivity contribution in [2.45, 2.75) is 64.3 Å². The Bertz CT molecular complexity index is 448. The summed E-state index contributed by atoms with van der Waals surface area (Å²) in [5.41, 5.74) is 0. The number of unbranched alkanes of at least 4 members (excludes halogenated alkanes) is 1. The van der Waals surface area contributed by atoms with Crippen LogP contribution in [-0.4, -0.2) is 38.3 Å². The van der Waals surface area contributed by atoms with Crippen molar-refractivity contribution in [3.63, 3.8) is 0 Å². The third kappa shape index (κ3) is 7.27. The third-order valence-corrected chi connectivity index (χ3v) is 5.07. The summed E-state index contributed by atoms with van der Waals surface area (Å²) in [4.78, 5) is 10.7. The Morgan fingerprint density at radius 2 is 1.73 bits per heavy atom. The maximum atomic E-state index is 12.1. The van der Waals surface area contributed by atoms with Crippen LogP contribution in [0.1, 0.15) is 51.9 Å². The second kappa shape index (κ2) is 10.3. The second-order valence-corrected chi connectivity index (χ2v) is 7.31. The van der Waals surface area contributed by atoms with Crippen molar-refractivity contribution in [3.8, 4) is 0 Å². The number of hydrogen-bond donors (Lipinski definition) is 0. The minimum absolute atomic E-state index is 0.00690. The highest BCUT2D eigenvalue weighted by atomic mass is 19.4. The monoisotopic (exact) mass is 378 g/mol. The fourth-order valence-corrected chi connectivity index (χ4v) is 3.40. The van der Waals surface area contributed by atoms with E-state index in [0.29, 0.717) is 11.8 Å². The lowest BCUT2D eigenvalue weighted by molar-refractivity contribution is -0.201. The molecule has 1 saturated carbocycles. The van der Waals surface area contributed by atoms with Gasteiger partial charge in [0.05, 0.1) is 19.8 Å². The fourth-order valence-electron chi connectivity index (χ4n) is 3.40.